The minimum absolute atomic E-state index is 0.0114. The van der Waals surface area contributed by atoms with E-state index in [-0.39, 0.29) is 12.2 Å². The molecule has 2 aromatic heterocycles. The molecule has 0 saturated carbocycles. The third kappa shape index (κ3) is 3.67. The van der Waals surface area contributed by atoms with Gasteiger partial charge in [-0.1, -0.05) is 29.8 Å². The van der Waals surface area contributed by atoms with Crippen molar-refractivity contribution in [3.05, 3.63) is 91.2 Å². The van der Waals surface area contributed by atoms with Crippen molar-refractivity contribution < 1.29 is 9.18 Å². The Labute approximate surface area is 178 Å². The fourth-order valence-electron chi connectivity index (χ4n) is 3.15. The number of aromatic nitrogens is 2. The number of carbonyl (C=O) groups excluding carboxylic acids is 1. The lowest BCUT2D eigenvalue weighted by atomic mass is 10.3. The Hall–Kier alpha value is -3.23. The summed E-state index contributed by atoms with van der Waals surface area (Å²) in [5.74, 6) is -1.18. The lowest BCUT2D eigenvalue weighted by Gasteiger charge is -2.12. The second-order valence-electron chi connectivity index (χ2n) is 6.59. The Balaban J connectivity index is 1.85. The zero-order chi connectivity index (χ0) is 21.4. The molecule has 0 atom stereocenters. The Morgan fingerprint density at radius 3 is 2.63 bits per heavy atom. The van der Waals surface area contributed by atoms with E-state index in [2.05, 4.69) is 5.32 Å². The summed E-state index contributed by atoms with van der Waals surface area (Å²) < 4.78 is 16.1. The molecule has 1 amide bonds. The van der Waals surface area contributed by atoms with E-state index in [4.69, 9.17) is 11.6 Å². The molecule has 0 fully saturated rings. The van der Waals surface area contributed by atoms with Crippen molar-refractivity contribution >= 4 is 44.7 Å². The van der Waals surface area contributed by atoms with Crippen molar-refractivity contribution in [2.24, 2.45) is 0 Å². The first-order valence-corrected chi connectivity index (χ1v) is 10.1. The molecule has 0 radical (unpaired) electrons. The average Bonchev–Trinajstić information content (AvgIpc) is 3.09. The molecule has 152 valence electrons. The number of thiophene rings is 1. The number of anilines is 1. The summed E-state index contributed by atoms with van der Waals surface area (Å²) in [5, 5.41) is 3.14. The van der Waals surface area contributed by atoms with E-state index in [0.717, 1.165) is 9.44 Å². The van der Waals surface area contributed by atoms with E-state index in [1.807, 2.05) is 6.92 Å². The number of halogens is 2. The third-order valence-electron chi connectivity index (χ3n) is 4.45. The molecule has 4 aromatic rings. The minimum Gasteiger partial charge on any atom is -0.322 e. The molecule has 0 spiro atoms. The fraction of sp³-hybridized carbons (Fsp3) is 0.0952. The number of hydrogen-bond acceptors (Lipinski definition) is 4. The summed E-state index contributed by atoms with van der Waals surface area (Å²) >= 11 is 7.26. The molecule has 0 aliphatic rings. The number of aryl methyl sites for hydroxylation is 1. The SMILES string of the molecule is Cc1cc2c(=O)n(-c3cccc(Cl)c3)c(=O)n(CC(=O)Nc3ccccc3F)c2s1. The highest BCUT2D eigenvalue weighted by molar-refractivity contribution is 7.18. The Morgan fingerprint density at radius 2 is 1.90 bits per heavy atom. The predicted octanol–water partition coefficient (Wildman–Crippen LogP) is 3.95. The molecule has 30 heavy (non-hydrogen) atoms. The fourth-order valence-corrected chi connectivity index (χ4v) is 4.32. The lowest BCUT2D eigenvalue weighted by molar-refractivity contribution is -0.116. The van der Waals surface area contributed by atoms with Crippen LogP contribution in [-0.2, 0) is 11.3 Å². The van der Waals surface area contributed by atoms with Crippen LogP contribution in [0.15, 0.2) is 64.2 Å². The molecule has 6 nitrogen and oxygen atoms in total. The topological polar surface area (TPSA) is 73.1 Å². The number of nitrogens with one attached hydrogen (secondary N) is 1. The van der Waals surface area contributed by atoms with Gasteiger partial charge in [-0.2, -0.15) is 0 Å². The quantitative estimate of drug-likeness (QED) is 0.519. The molecule has 0 aliphatic heterocycles. The Morgan fingerprint density at radius 1 is 1.13 bits per heavy atom. The molecule has 1 N–H and O–H groups in total. The monoisotopic (exact) mass is 443 g/mol. The first-order chi connectivity index (χ1) is 14.3. The maximum Gasteiger partial charge on any atom is 0.337 e. The van der Waals surface area contributed by atoms with Crippen LogP contribution in [0.25, 0.3) is 15.9 Å². The predicted molar refractivity (Wildman–Crippen MR) is 116 cm³/mol. The standard InChI is InChI=1S/C21H15ClFN3O3S/c1-12-9-15-19(28)26(14-6-4-5-13(22)10-14)21(29)25(20(15)30-12)11-18(27)24-17-8-3-2-7-16(17)23/h2-10H,11H2,1H3,(H,24,27). The van der Waals surface area contributed by atoms with Gasteiger partial charge in [0, 0.05) is 9.90 Å². The van der Waals surface area contributed by atoms with Crippen LogP contribution in [0, 0.1) is 12.7 Å². The Kier molecular flexibility index (Phi) is 5.27. The van der Waals surface area contributed by atoms with Crippen molar-refractivity contribution in [3.8, 4) is 5.69 Å². The first-order valence-electron chi connectivity index (χ1n) is 8.91. The van der Waals surface area contributed by atoms with E-state index in [9.17, 15) is 18.8 Å². The zero-order valence-corrected chi connectivity index (χ0v) is 17.3. The van der Waals surface area contributed by atoms with Crippen molar-refractivity contribution in [2.75, 3.05) is 5.32 Å². The van der Waals surface area contributed by atoms with E-state index < -0.39 is 23.0 Å². The van der Waals surface area contributed by atoms with Gasteiger partial charge in [0.15, 0.2) is 0 Å². The number of hydrogen-bond donors (Lipinski definition) is 1. The van der Waals surface area contributed by atoms with Gasteiger partial charge < -0.3 is 5.32 Å². The molecule has 0 bridgehead atoms. The smallest absolute Gasteiger partial charge is 0.322 e. The summed E-state index contributed by atoms with van der Waals surface area (Å²) in [6.07, 6.45) is 0. The van der Waals surface area contributed by atoms with E-state index >= 15 is 0 Å². The van der Waals surface area contributed by atoms with Crippen molar-refractivity contribution in [3.63, 3.8) is 0 Å². The molecule has 2 aromatic carbocycles. The minimum atomic E-state index is -0.680. The van der Waals surface area contributed by atoms with Crippen LogP contribution in [0.5, 0.6) is 0 Å². The van der Waals surface area contributed by atoms with Gasteiger partial charge in [-0.15, -0.1) is 11.3 Å². The highest BCUT2D eigenvalue weighted by Gasteiger charge is 2.19. The van der Waals surface area contributed by atoms with Crippen LogP contribution in [0.2, 0.25) is 5.02 Å². The van der Waals surface area contributed by atoms with E-state index in [1.54, 1.807) is 30.3 Å². The van der Waals surface area contributed by atoms with E-state index in [0.29, 0.717) is 20.9 Å². The molecular formula is C21H15ClFN3O3S. The Bertz CT molecular complexity index is 1410. The number of benzene rings is 2. The zero-order valence-electron chi connectivity index (χ0n) is 15.7. The highest BCUT2D eigenvalue weighted by atomic mass is 35.5. The second-order valence-corrected chi connectivity index (χ2v) is 8.26. The van der Waals surface area contributed by atoms with Crippen LogP contribution in [-0.4, -0.2) is 15.0 Å². The lowest BCUT2D eigenvalue weighted by Crippen LogP contribution is -2.40. The second kappa shape index (κ2) is 7.89. The third-order valence-corrected chi connectivity index (χ3v) is 5.76. The van der Waals surface area contributed by atoms with Crippen molar-refractivity contribution in [2.45, 2.75) is 13.5 Å². The summed E-state index contributed by atoms with van der Waals surface area (Å²) in [6.45, 7) is 1.42. The van der Waals surface area contributed by atoms with Gasteiger partial charge >= 0.3 is 5.69 Å². The van der Waals surface area contributed by atoms with Gasteiger partial charge in [-0.05, 0) is 43.3 Å². The largest absolute Gasteiger partial charge is 0.337 e. The van der Waals surface area contributed by atoms with Crippen LogP contribution < -0.4 is 16.6 Å². The first kappa shape index (κ1) is 20.1. The molecule has 4 rings (SSSR count). The molecular weight excluding hydrogens is 429 g/mol. The number of amides is 1. The summed E-state index contributed by atoms with van der Waals surface area (Å²) in [4.78, 5) is 40.0. The van der Waals surface area contributed by atoms with Gasteiger partial charge in [0.1, 0.15) is 17.2 Å². The molecule has 9 heteroatoms. The van der Waals surface area contributed by atoms with Crippen LogP contribution in [0.3, 0.4) is 0 Å². The number of nitrogens with zero attached hydrogens (tertiary/aromatic N) is 2. The van der Waals surface area contributed by atoms with Crippen LogP contribution in [0.1, 0.15) is 4.88 Å². The number of carbonyl (C=O) groups is 1. The summed E-state index contributed by atoms with van der Waals surface area (Å²) in [7, 11) is 0. The maximum absolute atomic E-state index is 13.9. The van der Waals surface area contributed by atoms with Crippen molar-refractivity contribution in [1.29, 1.82) is 0 Å². The molecule has 0 unspecified atom stereocenters. The number of para-hydroxylation sites is 1. The molecule has 2 heterocycles. The van der Waals surface area contributed by atoms with Crippen LogP contribution >= 0.6 is 22.9 Å². The van der Waals surface area contributed by atoms with Gasteiger partial charge in [-0.25, -0.2) is 13.8 Å². The summed E-state index contributed by atoms with van der Waals surface area (Å²) in [5.41, 5.74) is -0.864. The maximum atomic E-state index is 13.9. The molecule has 0 saturated heterocycles. The number of rotatable bonds is 4. The van der Waals surface area contributed by atoms with Gasteiger partial charge in [-0.3, -0.25) is 14.2 Å². The van der Waals surface area contributed by atoms with E-state index in [1.165, 1.54) is 40.2 Å². The van der Waals surface area contributed by atoms with Crippen molar-refractivity contribution in [1.82, 2.24) is 9.13 Å². The number of fused-ring (bicyclic) bond motifs is 1. The van der Waals surface area contributed by atoms with Gasteiger partial charge in [0.25, 0.3) is 5.56 Å². The van der Waals surface area contributed by atoms with Gasteiger partial charge in [0.05, 0.1) is 16.8 Å². The normalized spacial score (nSPS) is 11.0. The summed E-state index contributed by atoms with van der Waals surface area (Å²) in [6, 6.07) is 13.8. The molecule has 0 aliphatic carbocycles. The highest BCUT2D eigenvalue weighted by Crippen LogP contribution is 2.22. The van der Waals surface area contributed by atoms with Crippen LogP contribution in [0.4, 0.5) is 10.1 Å². The average molecular weight is 444 g/mol. The van der Waals surface area contributed by atoms with Gasteiger partial charge in [0.2, 0.25) is 5.91 Å².